The minimum atomic E-state index is -0.136. The summed E-state index contributed by atoms with van der Waals surface area (Å²) in [5.74, 6) is 0.902. The highest BCUT2D eigenvalue weighted by atomic mass is 16.2. The van der Waals surface area contributed by atoms with Gasteiger partial charge in [0, 0.05) is 36.6 Å². The number of H-pyrrole nitrogens is 1. The number of rotatable bonds is 4. The lowest BCUT2D eigenvalue weighted by Crippen LogP contribution is -2.42. The summed E-state index contributed by atoms with van der Waals surface area (Å²) < 4.78 is 0. The third kappa shape index (κ3) is 3.53. The number of aromatic nitrogens is 5. The first-order chi connectivity index (χ1) is 13.2. The fraction of sp³-hybridized carbons (Fsp3) is 0.263. The summed E-state index contributed by atoms with van der Waals surface area (Å²) in [6, 6.07) is 9.18. The molecule has 1 unspecified atom stereocenters. The number of hydrogen-bond acceptors (Lipinski definition) is 6. The maximum atomic E-state index is 13.0. The molecule has 1 aliphatic heterocycles. The van der Waals surface area contributed by atoms with Gasteiger partial charge in [-0.1, -0.05) is 6.07 Å². The topological polar surface area (TPSA) is 111 Å². The largest absolute Gasteiger partial charge is 0.281 e. The molecule has 1 atom stereocenters. The second-order valence-electron chi connectivity index (χ2n) is 6.42. The molecule has 1 saturated heterocycles. The summed E-state index contributed by atoms with van der Waals surface area (Å²) in [6.07, 6.45) is 7.34. The number of nitrogens with one attached hydrogen (secondary N) is 1. The Labute approximate surface area is 155 Å². The Hall–Kier alpha value is -3.60. The number of carbonyl (C=O) groups excluding carboxylic acids is 1. The van der Waals surface area contributed by atoms with Gasteiger partial charge in [-0.2, -0.15) is 15.3 Å². The third-order valence-corrected chi connectivity index (χ3v) is 4.64. The van der Waals surface area contributed by atoms with Gasteiger partial charge in [0.15, 0.2) is 5.82 Å². The molecule has 8 nitrogen and oxygen atoms in total. The maximum Gasteiger partial charge on any atom is 0.232 e. The quantitative estimate of drug-likeness (QED) is 0.764. The molecule has 27 heavy (non-hydrogen) atoms. The summed E-state index contributed by atoms with van der Waals surface area (Å²) in [7, 11) is 0. The fourth-order valence-electron chi connectivity index (χ4n) is 3.25. The number of hydrogen-bond donors (Lipinski definition) is 1. The van der Waals surface area contributed by atoms with E-state index in [0.29, 0.717) is 30.4 Å². The van der Waals surface area contributed by atoms with E-state index in [1.54, 1.807) is 29.6 Å². The molecule has 1 aliphatic rings. The Morgan fingerprint density at radius 1 is 1.26 bits per heavy atom. The number of carbonyl (C=O) groups is 1. The van der Waals surface area contributed by atoms with Gasteiger partial charge < -0.3 is 0 Å². The van der Waals surface area contributed by atoms with Gasteiger partial charge in [-0.3, -0.25) is 14.7 Å². The summed E-state index contributed by atoms with van der Waals surface area (Å²) in [5.41, 5.74) is 2.17. The standard InChI is InChI=1S/C19H17N7O/c20-11-16-4-3-13(12-22-16)10-15-2-1-9-26(18(15)27)19-23-17(24-25-19)14-5-7-21-8-6-14/h3-8,12,15H,1-2,9-10H2,(H,23,24,25). The van der Waals surface area contributed by atoms with Gasteiger partial charge in [-0.25, -0.2) is 10.1 Å². The van der Waals surface area contributed by atoms with E-state index in [4.69, 9.17) is 5.26 Å². The van der Waals surface area contributed by atoms with Crippen LogP contribution in [0.15, 0.2) is 42.9 Å². The summed E-state index contributed by atoms with van der Waals surface area (Å²) >= 11 is 0. The molecule has 0 radical (unpaired) electrons. The van der Waals surface area contributed by atoms with E-state index >= 15 is 0 Å². The number of anilines is 1. The molecule has 0 spiro atoms. The first-order valence-corrected chi connectivity index (χ1v) is 8.74. The van der Waals surface area contributed by atoms with E-state index in [1.807, 2.05) is 24.3 Å². The third-order valence-electron chi connectivity index (χ3n) is 4.64. The van der Waals surface area contributed by atoms with Crippen molar-refractivity contribution in [1.82, 2.24) is 25.1 Å². The van der Waals surface area contributed by atoms with Gasteiger partial charge in [-0.15, -0.1) is 0 Å². The lowest BCUT2D eigenvalue weighted by molar-refractivity contribution is -0.123. The van der Waals surface area contributed by atoms with Gasteiger partial charge in [0.25, 0.3) is 0 Å². The second-order valence-corrected chi connectivity index (χ2v) is 6.42. The number of aromatic amines is 1. The average Bonchev–Trinajstić information content (AvgIpc) is 3.21. The van der Waals surface area contributed by atoms with Crippen LogP contribution in [-0.4, -0.2) is 37.6 Å². The van der Waals surface area contributed by atoms with Crippen LogP contribution in [0.2, 0.25) is 0 Å². The molecule has 134 valence electrons. The predicted octanol–water partition coefficient (Wildman–Crippen LogP) is 2.12. The van der Waals surface area contributed by atoms with Crippen molar-refractivity contribution in [3.05, 3.63) is 54.1 Å². The average molecular weight is 359 g/mol. The molecular formula is C19H17N7O. The van der Waals surface area contributed by atoms with E-state index < -0.39 is 0 Å². The molecule has 3 aromatic heterocycles. The molecule has 4 rings (SSSR count). The number of nitrogens with zero attached hydrogens (tertiary/aromatic N) is 6. The maximum absolute atomic E-state index is 13.0. The Balaban J connectivity index is 1.50. The van der Waals surface area contributed by atoms with Crippen molar-refractivity contribution in [3.63, 3.8) is 0 Å². The summed E-state index contributed by atoms with van der Waals surface area (Å²) in [5, 5.41) is 15.9. The molecule has 3 aromatic rings. The van der Waals surface area contributed by atoms with Crippen LogP contribution in [0.3, 0.4) is 0 Å². The van der Waals surface area contributed by atoms with Gasteiger partial charge in [0.1, 0.15) is 11.8 Å². The first-order valence-electron chi connectivity index (χ1n) is 8.74. The van der Waals surface area contributed by atoms with Crippen LogP contribution in [0.4, 0.5) is 5.95 Å². The highest BCUT2D eigenvalue weighted by molar-refractivity contribution is 5.94. The van der Waals surface area contributed by atoms with E-state index in [-0.39, 0.29) is 11.8 Å². The van der Waals surface area contributed by atoms with Gasteiger partial charge in [0.05, 0.1) is 0 Å². The molecular weight excluding hydrogens is 342 g/mol. The number of nitriles is 1. The first kappa shape index (κ1) is 16.8. The fourth-order valence-corrected chi connectivity index (χ4v) is 3.25. The van der Waals surface area contributed by atoms with Crippen molar-refractivity contribution in [2.24, 2.45) is 5.92 Å². The molecule has 0 aromatic carbocycles. The van der Waals surface area contributed by atoms with E-state index in [1.165, 1.54) is 0 Å². The Bertz CT molecular complexity index is 975. The van der Waals surface area contributed by atoms with E-state index in [0.717, 1.165) is 24.0 Å². The molecule has 1 N–H and O–H groups in total. The van der Waals surface area contributed by atoms with Gasteiger partial charge in [0.2, 0.25) is 11.9 Å². The number of piperidine rings is 1. The van der Waals surface area contributed by atoms with Crippen LogP contribution in [0, 0.1) is 17.2 Å². The highest BCUT2D eigenvalue weighted by Crippen LogP contribution is 2.26. The monoisotopic (exact) mass is 359 g/mol. The van der Waals surface area contributed by atoms with Crippen LogP contribution in [-0.2, 0) is 11.2 Å². The van der Waals surface area contributed by atoms with Crippen LogP contribution >= 0.6 is 0 Å². The van der Waals surface area contributed by atoms with Gasteiger partial charge >= 0.3 is 0 Å². The van der Waals surface area contributed by atoms with Crippen LogP contribution < -0.4 is 4.90 Å². The van der Waals surface area contributed by atoms with E-state index in [2.05, 4.69) is 25.1 Å². The Kier molecular flexibility index (Phi) is 4.58. The van der Waals surface area contributed by atoms with Crippen molar-refractivity contribution < 1.29 is 4.79 Å². The van der Waals surface area contributed by atoms with Crippen LogP contribution in [0.5, 0.6) is 0 Å². The predicted molar refractivity (Wildman–Crippen MR) is 97.3 cm³/mol. The normalized spacial score (nSPS) is 16.9. The molecule has 0 bridgehead atoms. The molecule has 8 heteroatoms. The van der Waals surface area contributed by atoms with Crippen molar-refractivity contribution in [3.8, 4) is 17.5 Å². The van der Waals surface area contributed by atoms with Crippen LogP contribution in [0.1, 0.15) is 24.1 Å². The minimum absolute atomic E-state index is 0.0306. The zero-order valence-electron chi connectivity index (χ0n) is 14.5. The SMILES string of the molecule is N#Cc1ccc(CC2CCCN(c3nc(-c4ccncc4)n[nH]3)C2=O)cn1. The Morgan fingerprint density at radius 2 is 2.11 bits per heavy atom. The van der Waals surface area contributed by atoms with Crippen molar-refractivity contribution >= 4 is 11.9 Å². The van der Waals surface area contributed by atoms with Crippen LogP contribution in [0.25, 0.3) is 11.4 Å². The zero-order chi connectivity index (χ0) is 18.6. The summed E-state index contributed by atoms with van der Waals surface area (Å²) in [6.45, 7) is 0.617. The Morgan fingerprint density at radius 3 is 2.85 bits per heavy atom. The van der Waals surface area contributed by atoms with Crippen molar-refractivity contribution in [2.45, 2.75) is 19.3 Å². The van der Waals surface area contributed by atoms with Crippen molar-refractivity contribution in [2.75, 3.05) is 11.4 Å². The van der Waals surface area contributed by atoms with E-state index in [9.17, 15) is 4.79 Å². The second kappa shape index (κ2) is 7.33. The smallest absolute Gasteiger partial charge is 0.232 e. The lowest BCUT2D eigenvalue weighted by atomic mass is 9.91. The lowest BCUT2D eigenvalue weighted by Gasteiger charge is -2.30. The molecule has 0 saturated carbocycles. The zero-order valence-corrected chi connectivity index (χ0v) is 14.5. The number of pyridine rings is 2. The highest BCUT2D eigenvalue weighted by Gasteiger charge is 2.31. The molecule has 4 heterocycles. The summed E-state index contributed by atoms with van der Waals surface area (Å²) in [4.78, 5) is 27.2. The molecule has 0 aliphatic carbocycles. The molecule has 1 fully saturated rings. The van der Waals surface area contributed by atoms with Gasteiger partial charge in [-0.05, 0) is 43.0 Å². The number of amides is 1. The minimum Gasteiger partial charge on any atom is -0.281 e. The van der Waals surface area contributed by atoms with Crippen molar-refractivity contribution in [1.29, 1.82) is 5.26 Å². The molecule has 1 amide bonds.